The molecular weight excluding hydrogens is 464 g/mol. The first kappa shape index (κ1) is 27.5. The number of hydrogen-bond donors (Lipinski definition) is 2. The van der Waals surface area contributed by atoms with Gasteiger partial charge in [-0.15, -0.1) is 0 Å². The molecule has 1 aromatic rings. The number of aliphatic hydroxyl groups is 1. The maximum atomic E-state index is 13.4. The highest BCUT2D eigenvalue weighted by Gasteiger charge is 2.50. The van der Waals surface area contributed by atoms with Gasteiger partial charge in [0.05, 0.1) is 19.8 Å². The second-order valence-corrected chi connectivity index (χ2v) is 10.3. The number of carbonyl (C=O) groups is 3. The largest absolute Gasteiger partial charge is 0.497 e. The van der Waals surface area contributed by atoms with Crippen LogP contribution in [-0.4, -0.2) is 66.5 Å². The maximum Gasteiger partial charge on any atom is 0.410 e. The molecule has 1 heterocycles. The molecule has 36 heavy (non-hydrogen) atoms. The summed E-state index contributed by atoms with van der Waals surface area (Å²) in [6, 6.07) is 6.90. The van der Waals surface area contributed by atoms with E-state index in [2.05, 4.69) is 5.32 Å². The Bertz CT molecular complexity index is 967. The molecule has 4 atom stereocenters. The molecule has 1 saturated heterocycles. The topological polar surface area (TPSA) is 114 Å². The Balaban J connectivity index is 1.85. The van der Waals surface area contributed by atoms with Gasteiger partial charge in [0, 0.05) is 37.6 Å². The third kappa shape index (κ3) is 6.57. The van der Waals surface area contributed by atoms with Gasteiger partial charge in [-0.1, -0.05) is 12.1 Å². The summed E-state index contributed by atoms with van der Waals surface area (Å²) < 4.78 is 15.9. The van der Waals surface area contributed by atoms with E-state index >= 15 is 0 Å². The van der Waals surface area contributed by atoms with Crippen molar-refractivity contribution in [3.8, 4) is 5.75 Å². The molecule has 1 aliphatic heterocycles. The summed E-state index contributed by atoms with van der Waals surface area (Å²) >= 11 is 0. The second-order valence-electron chi connectivity index (χ2n) is 10.3. The molecule has 2 N–H and O–H groups in total. The molecule has 2 aliphatic rings. The molecule has 198 valence electrons. The number of methoxy groups -OCH3 is 1. The van der Waals surface area contributed by atoms with E-state index in [1.807, 2.05) is 24.3 Å². The Morgan fingerprint density at radius 2 is 1.89 bits per heavy atom. The standard InChI is InChI=1S/C27H38N2O7/c1-6-35-23(31)14-21-20-11-12-29(26(33)36-27(2,3)4)24(21)18(16-30)13-22(20)25(32)28-15-17-7-9-19(34-5)10-8-17/h7-10,14,18,20,22,24,30H,6,11-13,15-16H2,1-5H3,(H,28,32)/b21-14+/t18-,20-,22+,24-/m0/s1. The van der Waals surface area contributed by atoms with Crippen molar-refractivity contribution in [1.82, 2.24) is 10.2 Å². The Kier molecular flexibility index (Phi) is 9.00. The number of fused-ring (bicyclic) bond motifs is 2. The molecule has 0 aromatic heterocycles. The van der Waals surface area contributed by atoms with Gasteiger partial charge in [0.15, 0.2) is 0 Å². The number of likely N-dealkylation sites (tertiary alicyclic amines) is 1. The number of rotatable bonds is 7. The normalized spacial score (nSPS) is 24.7. The molecule has 1 aliphatic carbocycles. The molecule has 0 radical (unpaired) electrons. The van der Waals surface area contributed by atoms with Crippen molar-refractivity contribution >= 4 is 18.0 Å². The zero-order valence-corrected chi connectivity index (χ0v) is 21.8. The average Bonchev–Trinajstić information content (AvgIpc) is 2.82. The van der Waals surface area contributed by atoms with E-state index < -0.39 is 35.5 Å². The van der Waals surface area contributed by atoms with Crippen LogP contribution in [0.4, 0.5) is 4.79 Å². The number of aliphatic hydroxyl groups excluding tert-OH is 1. The van der Waals surface area contributed by atoms with E-state index in [4.69, 9.17) is 14.2 Å². The number of benzene rings is 1. The van der Waals surface area contributed by atoms with Gasteiger partial charge in [0.25, 0.3) is 0 Å². The van der Waals surface area contributed by atoms with Crippen molar-refractivity contribution in [3.63, 3.8) is 0 Å². The zero-order chi connectivity index (χ0) is 26.5. The predicted molar refractivity (Wildman–Crippen MR) is 133 cm³/mol. The van der Waals surface area contributed by atoms with Gasteiger partial charge >= 0.3 is 12.1 Å². The van der Waals surface area contributed by atoms with E-state index in [1.54, 1.807) is 39.7 Å². The van der Waals surface area contributed by atoms with E-state index in [0.29, 0.717) is 31.5 Å². The van der Waals surface area contributed by atoms with Crippen LogP contribution in [0, 0.1) is 17.8 Å². The number of piperidine rings is 1. The minimum atomic E-state index is -0.688. The lowest BCUT2D eigenvalue weighted by Crippen LogP contribution is -2.59. The third-order valence-corrected chi connectivity index (χ3v) is 6.67. The van der Waals surface area contributed by atoms with Crippen molar-refractivity contribution in [2.45, 2.75) is 58.7 Å². The highest BCUT2D eigenvalue weighted by atomic mass is 16.6. The van der Waals surface area contributed by atoms with Crippen LogP contribution < -0.4 is 10.1 Å². The maximum absolute atomic E-state index is 13.4. The third-order valence-electron chi connectivity index (χ3n) is 6.67. The van der Waals surface area contributed by atoms with Gasteiger partial charge in [0.1, 0.15) is 11.4 Å². The average molecular weight is 503 g/mol. The quantitative estimate of drug-likeness (QED) is 0.435. The lowest BCUT2D eigenvalue weighted by Gasteiger charge is -2.51. The van der Waals surface area contributed by atoms with E-state index in [1.165, 1.54) is 6.08 Å². The van der Waals surface area contributed by atoms with Crippen LogP contribution in [0.25, 0.3) is 0 Å². The Morgan fingerprint density at radius 1 is 1.19 bits per heavy atom. The van der Waals surface area contributed by atoms with Crippen LogP contribution in [0.5, 0.6) is 5.75 Å². The lowest BCUT2D eigenvalue weighted by molar-refractivity contribution is -0.138. The number of nitrogens with one attached hydrogen (secondary N) is 1. The van der Waals surface area contributed by atoms with Crippen LogP contribution >= 0.6 is 0 Å². The minimum absolute atomic E-state index is 0.145. The number of ether oxygens (including phenoxy) is 3. The number of carbonyl (C=O) groups excluding carboxylic acids is 3. The molecular formula is C27H38N2O7. The van der Waals surface area contributed by atoms with Gasteiger partial charge < -0.3 is 29.5 Å². The Labute approximate surface area is 212 Å². The molecule has 2 amide bonds. The summed E-state index contributed by atoms with van der Waals surface area (Å²) in [4.78, 5) is 40.5. The SMILES string of the molecule is CCOC(=O)/C=C1/[C@@H]2[C@H](CO)C[C@@H](C(=O)NCc3ccc(OC)cc3)[C@H]1CCN2C(=O)OC(C)(C)C. The summed E-state index contributed by atoms with van der Waals surface area (Å²) in [5.74, 6) is -1.06. The monoisotopic (exact) mass is 502 g/mol. The molecule has 1 aromatic carbocycles. The second kappa shape index (κ2) is 11.8. The van der Waals surface area contributed by atoms with Crippen molar-refractivity contribution in [3.05, 3.63) is 41.5 Å². The first-order valence-corrected chi connectivity index (χ1v) is 12.5. The lowest BCUT2D eigenvalue weighted by atomic mass is 9.64. The molecule has 0 unspecified atom stereocenters. The van der Waals surface area contributed by atoms with E-state index in [9.17, 15) is 19.5 Å². The van der Waals surface area contributed by atoms with Crippen LogP contribution in [0.2, 0.25) is 0 Å². The van der Waals surface area contributed by atoms with E-state index in [0.717, 1.165) is 11.3 Å². The highest BCUT2D eigenvalue weighted by Crippen LogP contribution is 2.46. The van der Waals surface area contributed by atoms with Crippen LogP contribution in [-0.2, 0) is 25.6 Å². The Hall–Kier alpha value is -3.07. The summed E-state index contributed by atoms with van der Waals surface area (Å²) in [5, 5.41) is 13.3. The van der Waals surface area contributed by atoms with Crippen LogP contribution in [0.1, 0.15) is 46.1 Å². The van der Waals surface area contributed by atoms with Gasteiger partial charge in [0.2, 0.25) is 5.91 Å². The summed E-state index contributed by atoms with van der Waals surface area (Å²) in [6.07, 6.45) is 1.79. The van der Waals surface area contributed by atoms with Crippen molar-refractivity contribution in [2.24, 2.45) is 17.8 Å². The molecule has 3 rings (SSSR count). The molecule has 9 nitrogen and oxygen atoms in total. The fourth-order valence-electron chi connectivity index (χ4n) is 5.13. The number of hydrogen-bond acceptors (Lipinski definition) is 7. The first-order valence-electron chi connectivity index (χ1n) is 12.5. The number of amides is 2. The first-order chi connectivity index (χ1) is 17.1. The fraction of sp³-hybridized carbons (Fsp3) is 0.593. The highest BCUT2D eigenvalue weighted by molar-refractivity contribution is 5.85. The van der Waals surface area contributed by atoms with Gasteiger partial charge in [-0.05, 0) is 69.7 Å². The van der Waals surface area contributed by atoms with Gasteiger partial charge in [-0.2, -0.15) is 0 Å². The summed E-state index contributed by atoms with van der Waals surface area (Å²) in [5.41, 5.74) is 0.880. The number of esters is 1. The van der Waals surface area contributed by atoms with Crippen molar-refractivity contribution in [1.29, 1.82) is 0 Å². The fourth-order valence-corrected chi connectivity index (χ4v) is 5.13. The Morgan fingerprint density at radius 3 is 2.47 bits per heavy atom. The molecule has 9 heteroatoms. The molecule has 2 fully saturated rings. The molecule has 1 saturated carbocycles. The summed E-state index contributed by atoms with van der Waals surface area (Å²) in [7, 11) is 1.60. The molecule has 0 spiro atoms. The van der Waals surface area contributed by atoms with Crippen LogP contribution in [0.15, 0.2) is 35.9 Å². The van der Waals surface area contributed by atoms with Crippen LogP contribution in [0.3, 0.4) is 0 Å². The smallest absolute Gasteiger partial charge is 0.410 e. The number of nitrogens with zero attached hydrogens (tertiary/aromatic N) is 1. The van der Waals surface area contributed by atoms with Crippen molar-refractivity contribution in [2.75, 3.05) is 26.9 Å². The minimum Gasteiger partial charge on any atom is -0.497 e. The van der Waals surface area contributed by atoms with Gasteiger partial charge in [-0.25, -0.2) is 9.59 Å². The van der Waals surface area contributed by atoms with Crippen molar-refractivity contribution < 1.29 is 33.7 Å². The zero-order valence-electron chi connectivity index (χ0n) is 21.8. The van der Waals surface area contributed by atoms with E-state index in [-0.39, 0.29) is 25.0 Å². The molecule has 2 bridgehead atoms. The predicted octanol–water partition coefficient (Wildman–Crippen LogP) is 3.05. The summed E-state index contributed by atoms with van der Waals surface area (Å²) in [6.45, 7) is 7.78. The van der Waals surface area contributed by atoms with Gasteiger partial charge in [-0.3, -0.25) is 4.79 Å².